The van der Waals surface area contributed by atoms with Gasteiger partial charge >= 0.3 is 0 Å². The van der Waals surface area contributed by atoms with Crippen molar-refractivity contribution in [1.82, 2.24) is 0 Å². The maximum atomic E-state index is 11.9. The number of benzene rings is 8. The summed E-state index contributed by atoms with van der Waals surface area (Å²) < 4.78 is 87.7. The molecule has 0 spiro atoms. The Kier molecular flexibility index (Phi) is 27.8. The number of fused-ring (bicyclic) bond motifs is 4. The smallest absolute Gasteiger partial charge is 0.261 e. The van der Waals surface area contributed by atoms with E-state index in [2.05, 4.69) is 339 Å². The number of methoxy groups -OCH3 is 2. The SMILES string of the molecule is C=CC(C[C@H]1O[C@H]2[C@@H](O[Si](c3ccccc3)(c3ccccc3)C(C)(C)C)[C@H]3O[C@@H](CC=O)CC[C@@H]3O[C@H]2[C@H]1O[Si](c1ccccc1)(c1ccccc1)C(C)(C)C)OC.C=CC(C[C@H]1O[C@H]2[C@@H](O[Si](c3ccccc3)(c3ccccc3)C(C)(C)C)[C@H]3O[C@@H](CCO)CC[C@@H]3O[C@H]2[C@H]1O[Si](c1ccccc1)(c1ccccc1)C(C)(C)C)OC. The van der Waals surface area contributed by atoms with Crippen LogP contribution in [-0.2, 0) is 60.4 Å². The molecule has 6 aliphatic rings. The van der Waals surface area contributed by atoms with Gasteiger partial charge in [0.25, 0.3) is 33.3 Å². The Morgan fingerprint density at radius 2 is 0.595 bits per heavy atom. The fourth-order valence-electron chi connectivity index (χ4n) is 20.0. The Morgan fingerprint density at radius 1 is 0.353 bits per heavy atom. The first kappa shape index (κ1) is 87.1. The zero-order valence-electron chi connectivity index (χ0n) is 70.8. The minimum atomic E-state index is -3.14. The van der Waals surface area contributed by atoms with Gasteiger partial charge in [0.1, 0.15) is 67.3 Å². The molecule has 1 N–H and O–H groups in total. The minimum Gasteiger partial charge on any atom is -0.399 e. The van der Waals surface area contributed by atoms with Gasteiger partial charge in [0.05, 0.1) is 48.8 Å². The number of rotatable bonds is 28. The van der Waals surface area contributed by atoms with Crippen LogP contribution in [0.4, 0.5) is 0 Å². The Morgan fingerprint density at radius 3 is 0.828 bits per heavy atom. The summed E-state index contributed by atoms with van der Waals surface area (Å²) >= 11 is 0. The van der Waals surface area contributed by atoms with E-state index in [1.165, 1.54) is 41.5 Å². The number of aliphatic hydroxyl groups excluding tert-OH is 1. The van der Waals surface area contributed by atoms with Crippen molar-refractivity contribution in [3.05, 3.63) is 268 Å². The molecule has 0 radical (unpaired) electrons. The molecule has 18 atom stereocenters. The largest absolute Gasteiger partial charge is 0.399 e. The van der Waals surface area contributed by atoms with Crippen LogP contribution in [0.1, 0.15) is 134 Å². The third-order valence-electron chi connectivity index (χ3n) is 25.4. The lowest BCUT2D eigenvalue weighted by Crippen LogP contribution is -2.73. The van der Waals surface area contributed by atoms with E-state index in [0.717, 1.165) is 32.0 Å². The number of carbonyl (C=O) groups excluding carboxylic acids is 1. The molecular formula is C98H126O14Si4. The number of hydrogen-bond donors (Lipinski definition) is 1. The van der Waals surface area contributed by atoms with Crippen molar-refractivity contribution in [2.24, 2.45) is 0 Å². The summed E-state index contributed by atoms with van der Waals surface area (Å²) in [7, 11) is -9.02. The normalized spacial score (nSPS) is 27.0. The second-order valence-corrected chi connectivity index (χ2v) is 53.6. The first-order chi connectivity index (χ1) is 55.7. The molecule has 18 heteroatoms. The van der Waals surface area contributed by atoms with Crippen LogP contribution in [0.25, 0.3) is 0 Å². The van der Waals surface area contributed by atoms with Crippen molar-refractivity contribution in [1.29, 1.82) is 0 Å². The molecule has 0 aromatic heterocycles. The molecule has 8 aromatic carbocycles. The minimum absolute atomic E-state index is 0.0577. The van der Waals surface area contributed by atoms with Gasteiger partial charge in [-0.05, 0) is 93.8 Å². The molecule has 2 unspecified atom stereocenters. The highest BCUT2D eigenvalue weighted by Crippen LogP contribution is 2.52. The summed E-state index contributed by atoms with van der Waals surface area (Å²) in [4.78, 5) is 11.9. The predicted octanol–water partition coefficient (Wildman–Crippen LogP) is 14.1. The van der Waals surface area contributed by atoms with Crippen LogP contribution in [0.5, 0.6) is 0 Å². The Bertz CT molecular complexity index is 4240. The van der Waals surface area contributed by atoms with Crippen molar-refractivity contribution < 1.29 is 65.5 Å². The predicted molar refractivity (Wildman–Crippen MR) is 474 cm³/mol. The van der Waals surface area contributed by atoms with Crippen LogP contribution in [0.3, 0.4) is 0 Å². The zero-order valence-corrected chi connectivity index (χ0v) is 74.8. The van der Waals surface area contributed by atoms with E-state index in [1.807, 2.05) is 12.2 Å². The Balaban J connectivity index is 0.000000202. The molecule has 6 saturated heterocycles. The molecule has 116 heavy (non-hydrogen) atoms. The molecule has 0 saturated carbocycles. The van der Waals surface area contributed by atoms with Crippen LogP contribution in [-0.4, -0.2) is 175 Å². The van der Waals surface area contributed by atoms with Gasteiger partial charge in [-0.2, -0.15) is 0 Å². The van der Waals surface area contributed by atoms with E-state index in [-0.39, 0.29) is 63.4 Å². The molecule has 8 aromatic rings. The average Bonchev–Trinajstić information content (AvgIpc) is 1.46. The van der Waals surface area contributed by atoms with E-state index in [1.54, 1.807) is 14.2 Å². The third-order valence-corrected chi connectivity index (χ3v) is 45.5. The monoisotopic (exact) mass is 1640 g/mol. The molecule has 0 amide bonds. The number of carbonyl (C=O) groups is 1. The van der Waals surface area contributed by atoms with Gasteiger partial charge in [0, 0.05) is 40.1 Å². The molecule has 618 valence electrons. The molecule has 14 nitrogen and oxygen atoms in total. The maximum Gasteiger partial charge on any atom is 0.261 e. The molecular weight excluding hydrogens is 1510 g/mol. The second kappa shape index (κ2) is 37.1. The highest BCUT2D eigenvalue weighted by atomic mass is 28.4. The number of aliphatic hydroxyl groups is 1. The topological polar surface area (TPSA) is 148 Å². The fraction of sp³-hybridized carbons (Fsp3) is 0.459. The standard InChI is InChI=1S/C49H64O7Si2.C49H62O7Si2/c2*1-9-35(51-8)34-42-44(55-57(48(2,3)4,37-22-14-10-15-23-37)38-24-16-11-17-25-38)45-46(54-42)47(43-41(53-45)31-30-36(52-43)32-33-50)56-58(49(5,6)7,39-26-18-12-19-27-39)40-28-20-13-21-29-40/h9-29,35-36,41-47,50H,1,30-34H2,2-8H3;9-29,33,35-36,41-47H,1,30-32,34H2,2-8H3/t2*35?,36-,41+,42-,43+,44+,45+,46-,47+/m11/s1. The van der Waals surface area contributed by atoms with Gasteiger partial charge in [-0.25, -0.2) is 0 Å². The first-order valence-electron chi connectivity index (χ1n) is 42.2. The maximum absolute atomic E-state index is 11.9. The van der Waals surface area contributed by atoms with Gasteiger partial charge in [-0.3, -0.25) is 0 Å². The summed E-state index contributed by atoms with van der Waals surface area (Å²) in [6, 6.07) is 86.1. The van der Waals surface area contributed by atoms with Gasteiger partial charge in [0.2, 0.25) is 0 Å². The average molecular weight is 1640 g/mol. The highest BCUT2D eigenvalue weighted by molar-refractivity contribution is 7.01. The second-order valence-electron chi connectivity index (χ2n) is 36.5. The van der Waals surface area contributed by atoms with Gasteiger partial charge < -0.3 is 65.5 Å². The summed E-state index contributed by atoms with van der Waals surface area (Å²) in [6.07, 6.45) is 2.47. The van der Waals surface area contributed by atoms with E-state index in [4.69, 9.17) is 55.6 Å². The van der Waals surface area contributed by atoms with Crippen LogP contribution in [0.15, 0.2) is 268 Å². The fourth-order valence-corrected chi connectivity index (χ4v) is 38.8. The van der Waals surface area contributed by atoms with Crippen molar-refractivity contribution in [3.63, 3.8) is 0 Å². The quantitative estimate of drug-likeness (QED) is 0.0282. The van der Waals surface area contributed by atoms with Gasteiger partial charge in [-0.1, -0.05) is 338 Å². The van der Waals surface area contributed by atoms with E-state index < -0.39 is 107 Å². The van der Waals surface area contributed by atoms with Crippen LogP contribution in [0.2, 0.25) is 20.2 Å². The van der Waals surface area contributed by atoms with E-state index in [0.29, 0.717) is 25.7 Å². The van der Waals surface area contributed by atoms with Crippen molar-refractivity contribution in [3.8, 4) is 0 Å². The van der Waals surface area contributed by atoms with Gasteiger partial charge in [0.15, 0.2) is 0 Å². The van der Waals surface area contributed by atoms with Crippen LogP contribution >= 0.6 is 0 Å². The lowest BCUT2D eigenvalue weighted by Gasteiger charge is -2.53. The highest BCUT2D eigenvalue weighted by Gasteiger charge is 2.67. The van der Waals surface area contributed by atoms with Crippen molar-refractivity contribution in [2.75, 3.05) is 20.8 Å². The summed E-state index contributed by atoms with van der Waals surface area (Å²) in [5.74, 6) is 0. The van der Waals surface area contributed by atoms with Crippen LogP contribution < -0.4 is 41.5 Å². The van der Waals surface area contributed by atoms with E-state index in [9.17, 15) is 9.90 Å². The lowest BCUT2D eigenvalue weighted by atomic mass is 9.88. The zero-order chi connectivity index (χ0) is 82.3. The van der Waals surface area contributed by atoms with Crippen molar-refractivity contribution in [2.45, 2.75) is 264 Å². The summed E-state index contributed by atoms with van der Waals surface area (Å²) in [5, 5.41) is 18.5. The summed E-state index contributed by atoms with van der Waals surface area (Å²) in [5.41, 5.74) is 0. The Labute approximate surface area is 695 Å². The molecule has 6 aliphatic heterocycles. The lowest BCUT2D eigenvalue weighted by molar-refractivity contribution is -0.255. The van der Waals surface area contributed by atoms with E-state index >= 15 is 0 Å². The third kappa shape index (κ3) is 17.2. The van der Waals surface area contributed by atoms with Crippen molar-refractivity contribution >= 4 is 81.0 Å². The molecule has 6 fully saturated rings. The number of aldehydes is 1. The first-order valence-corrected chi connectivity index (χ1v) is 49.8. The summed E-state index contributed by atoms with van der Waals surface area (Å²) in [6.45, 7) is 36.0. The molecule has 0 bridgehead atoms. The molecule has 0 aliphatic carbocycles. The number of ether oxygens (including phenoxy) is 8. The molecule has 6 heterocycles. The van der Waals surface area contributed by atoms with Crippen LogP contribution in [0, 0.1) is 0 Å². The Hall–Kier alpha value is -6.74. The molecule has 14 rings (SSSR count). The van der Waals surface area contributed by atoms with Gasteiger partial charge in [-0.15, -0.1) is 13.2 Å². The number of hydrogen-bond acceptors (Lipinski definition) is 14.